The lowest BCUT2D eigenvalue weighted by molar-refractivity contribution is -0.870. The van der Waals surface area contributed by atoms with E-state index >= 15 is 0 Å². The van der Waals surface area contributed by atoms with Gasteiger partial charge in [-0.3, -0.25) is 9.36 Å². The van der Waals surface area contributed by atoms with Gasteiger partial charge in [-0.05, 0) is 12.8 Å². The maximum atomic E-state index is 12.6. The fourth-order valence-electron chi connectivity index (χ4n) is 6.43. The number of hydrogen-bond acceptors (Lipinski definition) is 7. The molecule has 52 heavy (non-hydrogen) atoms. The van der Waals surface area contributed by atoms with Crippen molar-refractivity contribution in [1.82, 2.24) is 0 Å². The van der Waals surface area contributed by atoms with Crippen LogP contribution in [0.1, 0.15) is 213 Å². The standard InChI is InChI=1S/C43H88NO7P/c1-6-8-10-12-14-16-18-19-20-21-22-23-24-25-26-27-29-31-33-35-38-48-40-42(41-50-52(46,47)49-39-37-44(3,4)5)51-43(45)36-34-32-30-28-17-15-13-11-9-7-2/h42H,6-41H2,1-5H3/t42-/m1/s1. The van der Waals surface area contributed by atoms with Crippen LogP contribution in [0.3, 0.4) is 0 Å². The van der Waals surface area contributed by atoms with Gasteiger partial charge in [0.2, 0.25) is 0 Å². The van der Waals surface area contributed by atoms with Crippen molar-refractivity contribution in [2.75, 3.05) is 54.1 Å². The number of phosphoric acid groups is 1. The normalized spacial score (nSPS) is 13.7. The second-order valence-electron chi connectivity index (χ2n) is 16.4. The molecule has 0 spiro atoms. The van der Waals surface area contributed by atoms with Crippen molar-refractivity contribution in [3.05, 3.63) is 0 Å². The number of rotatable bonds is 42. The third-order valence-corrected chi connectivity index (χ3v) is 10.9. The number of likely N-dealkylation sites (N-methyl/N-ethyl adjacent to an activating group) is 1. The van der Waals surface area contributed by atoms with Gasteiger partial charge in [0.15, 0.2) is 0 Å². The first kappa shape index (κ1) is 51.5. The number of ether oxygens (including phenoxy) is 2. The van der Waals surface area contributed by atoms with E-state index in [9.17, 15) is 14.3 Å². The molecule has 9 heteroatoms. The van der Waals surface area contributed by atoms with Crippen molar-refractivity contribution in [2.45, 2.75) is 219 Å². The molecule has 0 saturated heterocycles. The highest BCUT2D eigenvalue weighted by Gasteiger charge is 2.20. The van der Waals surface area contributed by atoms with Crippen LogP contribution in [0.15, 0.2) is 0 Å². The molecule has 0 radical (unpaired) electrons. The monoisotopic (exact) mass is 762 g/mol. The summed E-state index contributed by atoms with van der Waals surface area (Å²) in [6, 6.07) is 0. The van der Waals surface area contributed by atoms with E-state index in [1.807, 2.05) is 21.1 Å². The molecule has 0 aliphatic heterocycles. The second-order valence-corrected chi connectivity index (χ2v) is 17.8. The highest BCUT2D eigenvalue weighted by atomic mass is 31.2. The number of quaternary nitrogens is 1. The molecule has 0 heterocycles. The van der Waals surface area contributed by atoms with Crippen LogP contribution in [-0.2, 0) is 27.9 Å². The molecule has 0 N–H and O–H groups in total. The fraction of sp³-hybridized carbons (Fsp3) is 0.977. The van der Waals surface area contributed by atoms with Crippen molar-refractivity contribution in [2.24, 2.45) is 0 Å². The van der Waals surface area contributed by atoms with Crippen molar-refractivity contribution in [3.63, 3.8) is 0 Å². The van der Waals surface area contributed by atoms with E-state index in [-0.39, 0.29) is 25.8 Å². The molecule has 0 aliphatic rings. The first-order chi connectivity index (χ1) is 25.1. The summed E-state index contributed by atoms with van der Waals surface area (Å²) in [4.78, 5) is 24.9. The maximum absolute atomic E-state index is 12.6. The summed E-state index contributed by atoms with van der Waals surface area (Å²) in [5, 5.41) is 0. The van der Waals surface area contributed by atoms with Crippen LogP contribution in [0.4, 0.5) is 0 Å². The van der Waals surface area contributed by atoms with Crippen LogP contribution in [0.2, 0.25) is 0 Å². The van der Waals surface area contributed by atoms with Crippen molar-refractivity contribution < 1.29 is 37.3 Å². The lowest BCUT2D eigenvalue weighted by Crippen LogP contribution is -2.37. The molecule has 0 bridgehead atoms. The van der Waals surface area contributed by atoms with Crippen LogP contribution < -0.4 is 4.89 Å². The third-order valence-electron chi connectivity index (χ3n) is 9.91. The Balaban J connectivity index is 4.08. The number of unbranched alkanes of at least 4 members (excludes halogenated alkanes) is 28. The van der Waals surface area contributed by atoms with Crippen molar-refractivity contribution >= 4 is 13.8 Å². The van der Waals surface area contributed by atoms with Gasteiger partial charge >= 0.3 is 5.97 Å². The number of carbonyl (C=O) groups excluding carboxylic acids is 1. The molecule has 8 nitrogen and oxygen atoms in total. The number of esters is 1. The quantitative estimate of drug-likeness (QED) is 0.0264. The zero-order chi connectivity index (χ0) is 38.4. The highest BCUT2D eigenvalue weighted by Crippen LogP contribution is 2.38. The predicted octanol–water partition coefficient (Wildman–Crippen LogP) is 12.3. The van der Waals surface area contributed by atoms with Crippen molar-refractivity contribution in [1.29, 1.82) is 0 Å². The Hall–Kier alpha value is -0.500. The Kier molecular flexibility index (Phi) is 37.1. The number of hydrogen-bond donors (Lipinski definition) is 0. The highest BCUT2D eigenvalue weighted by molar-refractivity contribution is 7.45. The van der Waals surface area contributed by atoms with Crippen LogP contribution >= 0.6 is 7.82 Å². The molecule has 312 valence electrons. The number of carbonyl (C=O) groups is 1. The second kappa shape index (κ2) is 37.4. The Bertz CT molecular complexity index is 807. The van der Waals surface area contributed by atoms with E-state index in [2.05, 4.69) is 13.8 Å². The van der Waals surface area contributed by atoms with Crippen LogP contribution in [0.5, 0.6) is 0 Å². The Morgan fingerprint density at radius 1 is 0.519 bits per heavy atom. The molecule has 0 aromatic rings. The summed E-state index contributed by atoms with van der Waals surface area (Å²) in [6.07, 6.45) is 38.3. The molecule has 0 rings (SSSR count). The topological polar surface area (TPSA) is 94.1 Å². The Morgan fingerprint density at radius 3 is 1.27 bits per heavy atom. The van der Waals surface area contributed by atoms with E-state index in [1.165, 1.54) is 161 Å². The average molecular weight is 762 g/mol. The van der Waals surface area contributed by atoms with Crippen LogP contribution in [0.25, 0.3) is 0 Å². The summed E-state index contributed by atoms with van der Waals surface area (Å²) in [5.74, 6) is -0.331. The van der Waals surface area contributed by atoms with Crippen LogP contribution in [0, 0.1) is 0 Å². The van der Waals surface area contributed by atoms with E-state index in [0.717, 1.165) is 32.1 Å². The minimum Gasteiger partial charge on any atom is -0.756 e. The minimum atomic E-state index is -4.51. The summed E-state index contributed by atoms with van der Waals surface area (Å²) in [7, 11) is 1.37. The molecule has 2 atom stereocenters. The first-order valence-electron chi connectivity index (χ1n) is 22.3. The lowest BCUT2D eigenvalue weighted by Gasteiger charge is -2.28. The first-order valence-corrected chi connectivity index (χ1v) is 23.7. The summed E-state index contributed by atoms with van der Waals surface area (Å²) in [5.41, 5.74) is 0. The molecule has 0 aliphatic carbocycles. The summed E-state index contributed by atoms with van der Waals surface area (Å²) < 4.78 is 34.5. The van der Waals surface area contributed by atoms with E-state index < -0.39 is 13.9 Å². The SMILES string of the molecule is CCCCCCCCCCCCCCCCCCCCCCOC[C@H](COP(=O)([O-])OCC[N+](C)(C)C)OC(=O)CCCCCCCCCCCC. The van der Waals surface area contributed by atoms with E-state index in [4.69, 9.17) is 18.5 Å². The molecule has 1 unspecified atom stereocenters. The molecular weight excluding hydrogens is 673 g/mol. The predicted molar refractivity (Wildman–Crippen MR) is 218 cm³/mol. The van der Waals surface area contributed by atoms with Gasteiger partial charge in [-0.15, -0.1) is 0 Å². The number of phosphoric ester groups is 1. The molecule has 0 aromatic heterocycles. The van der Waals surface area contributed by atoms with Gasteiger partial charge in [-0.2, -0.15) is 0 Å². The largest absolute Gasteiger partial charge is 0.756 e. The van der Waals surface area contributed by atoms with Crippen molar-refractivity contribution in [3.8, 4) is 0 Å². The molecule has 0 amide bonds. The van der Waals surface area contributed by atoms with Gasteiger partial charge in [0.05, 0.1) is 34.4 Å². The minimum absolute atomic E-state index is 0.0312. The van der Waals surface area contributed by atoms with Gasteiger partial charge in [-0.1, -0.05) is 194 Å². The fourth-order valence-corrected chi connectivity index (χ4v) is 7.16. The molecular formula is C43H88NO7P. The number of nitrogens with zero attached hydrogens (tertiary/aromatic N) is 1. The lowest BCUT2D eigenvalue weighted by atomic mass is 10.0. The molecule has 0 fully saturated rings. The molecule has 0 saturated carbocycles. The average Bonchev–Trinajstić information content (AvgIpc) is 3.09. The Labute approximate surface area is 323 Å². The maximum Gasteiger partial charge on any atom is 0.306 e. The third kappa shape index (κ3) is 40.7. The van der Waals surface area contributed by atoms with Gasteiger partial charge in [0.25, 0.3) is 7.82 Å². The van der Waals surface area contributed by atoms with E-state index in [0.29, 0.717) is 24.1 Å². The smallest absolute Gasteiger partial charge is 0.306 e. The van der Waals surface area contributed by atoms with E-state index in [1.54, 1.807) is 0 Å². The van der Waals surface area contributed by atoms with Gasteiger partial charge in [0.1, 0.15) is 19.3 Å². The van der Waals surface area contributed by atoms with Gasteiger partial charge < -0.3 is 27.9 Å². The zero-order valence-electron chi connectivity index (χ0n) is 35.3. The molecule has 0 aromatic carbocycles. The summed E-state index contributed by atoms with van der Waals surface area (Å²) >= 11 is 0. The summed E-state index contributed by atoms with van der Waals surface area (Å²) in [6.45, 7) is 5.45. The van der Waals surface area contributed by atoms with Crippen LogP contribution in [-0.4, -0.2) is 70.7 Å². The Morgan fingerprint density at radius 2 is 0.885 bits per heavy atom. The van der Waals surface area contributed by atoms with Gasteiger partial charge in [-0.25, -0.2) is 0 Å². The van der Waals surface area contributed by atoms with Gasteiger partial charge in [0, 0.05) is 13.0 Å². The zero-order valence-corrected chi connectivity index (χ0v) is 36.2.